The van der Waals surface area contributed by atoms with Gasteiger partial charge in [-0.2, -0.15) is 0 Å². The number of carbonyl (C=O) groups is 2. The normalized spacial score (nSPS) is 12.5. The fourth-order valence-electron chi connectivity index (χ4n) is 2.10. The number of carbonyl (C=O) groups excluding carboxylic acids is 2. The zero-order valence-electron chi connectivity index (χ0n) is 14.6. The van der Waals surface area contributed by atoms with E-state index in [9.17, 15) is 9.59 Å². The van der Waals surface area contributed by atoms with Crippen LogP contribution >= 0.6 is 23.1 Å². The van der Waals surface area contributed by atoms with Crippen molar-refractivity contribution in [2.45, 2.75) is 64.4 Å². The highest BCUT2D eigenvalue weighted by atomic mass is 32.2. The lowest BCUT2D eigenvalue weighted by molar-refractivity contribution is -0.131. The Labute approximate surface area is 146 Å². The van der Waals surface area contributed by atoms with Gasteiger partial charge < -0.3 is 10.2 Å². The first-order valence-corrected chi connectivity index (χ1v) is 9.64. The van der Waals surface area contributed by atoms with Crippen molar-refractivity contribution >= 4 is 40.0 Å². The van der Waals surface area contributed by atoms with Crippen LogP contribution in [0.15, 0.2) is 4.34 Å². The Balaban J connectivity index is 2.56. The van der Waals surface area contributed by atoms with Crippen LogP contribution in [-0.2, 0) is 9.59 Å². The molecule has 1 rings (SSSR count). The number of nitrogens with one attached hydrogen (secondary N) is 1. The molecule has 0 saturated heterocycles. The van der Waals surface area contributed by atoms with Crippen molar-refractivity contribution in [1.29, 1.82) is 0 Å². The van der Waals surface area contributed by atoms with Gasteiger partial charge in [0, 0.05) is 18.0 Å². The summed E-state index contributed by atoms with van der Waals surface area (Å²) in [6.45, 7) is 11.9. The molecule has 0 radical (unpaired) electrons. The number of thioether (sulfide) groups is 1. The highest BCUT2D eigenvalue weighted by Gasteiger charge is 2.21. The molecule has 8 heteroatoms. The second-order valence-electron chi connectivity index (χ2n) is 5.95. The second-order valence-corrected chi connectivity index (χ2v) is 8.15. The predicted molar refractivity (Wildman–Crippen MR) is 95.8 cm³/mol. The van der Waals surface area contributed by atoms with Gasteiger partial charge in [-0.1, -0.05) is 36.9 Å². The maximum atomic E-state index is 12.3. The summed E-state index contributed by atoms with van der Waals surface area (Å²) in [7, 11) is 0. The summed E-state index contributed by atoms with van der Waals surface area (Å²) < 4.78 is 0.685. The molecule has 130 valence electrons. The molecule has 1 N–H and O–H groups in total. The molecule has 0 aliphatic carbocycles. The van der Waals surface area contributed by atoms with Crippen molar-refractivity contribution in [2.24, 2.45) is 5.92 Å². The molecule has 0 spiro atoms. The highest BCUT2D eigenvalue weighted by Crippen LogP contribution is 2.26. The van der Waals surface area contributed by atoms with Crippen LogP contribution in [0, 0.1) is 5.92 Å². The van der Waals surface area contributed by atoms with Gasteiger partial charge in [-0.25, -0.2) is 0 Å². The van der Waals surface area contributed by atoms with Crippen molar-refractivity contribution in [3.63, 3.8) is 0 Å². The summed E-state index contributed by atoms with van der Waals surface area (Å²) in [4.78, 5) is 26.0. The molecule has 0 aromatic carbocycles. The van der Waals surface area contributed by atoms with E-state index in [1.807, 2.05) is 46.4 Å². The molecule has 0 fully saturated rings. The number of hydrogen-bond donors (Lipinski definition) is 1. The van der Waals surface area contributed by atoms with Gasteiger partial charge in [-0.3, -0.25) is 9.59 Å². The first-order valence-electron chi connectivity index (χ1n) is 7.84. The number of nitrogens with zero attached hydrogens (tertiary/aromatic N) is 3. The maximum Gasteiger partial charge on any atom is 0.233 e. The summed E-state index contributed by atoms with van der Waals surface area (Å²) in [5.41, 5.74) is 0. The van der Waals surface area contributed by atoms with Crippen molar-refractivity contribution in [2.75, 3.05) is 11.1 Å². The van der Waals surface area contributed by atoms with E-state index >= 15 is 0 Å². The van der Waals surface area contributed by atoms with Crippen LogP contribution in [-0.4, -0.2) is 44.7 Å². The van der Waals surface area contributed by atoms with Gasteiger partial charge >= 0.3 is 0 Å². The second kappa shape index (κ2) is 9.22. The van der Waals surface area contributed by atoms with Crippen LogP contribution in [0.3, 0.4) is 0 Å². The Morgan fingerprint density at radius 3 is 2.30 bits per heavy atom. The van der Waals surface area contributed by atoms with Crippen LogP contribution in [0.25, 0.3) is 0 Å². The minimum Gasteiger partial charge on any atom is -0.337 e. The van der Waals surface area contributed by atoms with Gasteiger partial charge in [0.25, 0.3) is 0 Å². The molecular formula is C15H26N4O2S2. The fourth-order valence-corrected chi connectivity index (χ4v) is 3.73. The molecule has 1 heterocycles. The van der Waals surface area contributed by atoms with Gasteiger partial charge in [-0.15, -0.1) is 10.2 Å². The summed E-state index contributed by atoms with van der Waals surface area (Å²) in [6.07, 6.45) is 0.779. The largest absolute Gasteiger partial charge is 0.337 e. The quantitative estimate of drug-likeness (QED) is 0.570. The van der Waals surface area contributed by atoms with Crippen LogP contribution < -0.4 is 5.32 Å². The Morgan fingerprint density at radius 1 is 1.17 bits per heavy atom. The SMILES string of the molecule is CC[C@@H](C)C(=O)Nc1nnc(SCC(=O)N(C(C)C)C(C)C)s1. The average molecular weight is 359 g/mol. The molecular weight excluding hydrogens is 332 g/mol. The van der Waals surface area contributed by atoms with Crippen molar-refractivity contribution in [3.05, 3.63) is 0 Å². The first kappa shape index (κ1) is 19.9. The number of hydrogen-bond acceptors (Lipinski definition) is 6. The van der Waals surface area contributed by atoms with E-state index in [1.165, 1.54) is 23.1 Å². The van der Waals surface area contributed by atoms with E-state index in [2.05, 4.69) is 15.5 Å². The van der Waals surface area contributed by atoms with Gasteiger partial charge in [-0.05, 0) is 34.1 Å². The third-order valence-corrected chi connectivity index (χ3v) is 5.37. The third-order valence-electron chi connectivity index (χ3n) is 3.42. The molecule has 2 amide bonds. The number of anilines is 1. The van der Waals surface area contributed by atoms with Gasteiger partial charge in [0.05, 0.1) is 5.75 Å². The number of rotatable bonds is 8. The molecule has 0 saturated carbocycles. The Kier molecular flexibility index (Phi) is 7.98. The smallest absolute Gasteiger partial charge is 0.233 e. The van der Waals surface area contributed by atoms with E-state index in [0.717, 1.165) is 6.42 Å². The molecule has 0 aliphatic heterocycles. The van der Waals surface area contributed by atoms with Crippen LogP contribution in [0.4, 0.5) is 5.13 Å². The summed E-state index contributed by atoms with van der Waals surface area (Å²) in [5, 5.41) is 11.2. The Hall–Kier alpha value is -1.15. The highest BCUT2D eigenvalue weighted by molar-refractivity contribution is 8.01. The first-order chi connectivity index (χ1) is 10.8. The van der Waals surface area contributed by atoms with Gasteiger partial charge in [0.15, 0.2) is 4.34 Å². The molecule has 0 bridgehead atoms. The minimum absolute atomic E-state index is 0.0535. The number of amides is 2. The van der Waals surface area contributed by atoms with E-state index in [-0.39, 0.29) is 29.8 Å². The van der Waals surface area contributed by atoms with Crippen molar-refractivity contribution in [1.82, 2.24) is 15.1 Å². The molecule has 6 nitrogen and oxygen atoms in total. The van der Waals surface area contributed by atoms with Crippen LogP contribution in [0.1, 0.15) is 48.0 Å². The van der Waals surface area contributed by atoms with Crippen molar-refractivity contribution < 1.29 is 9.59 Å². The zero-order chi connectivity index (χ0) is 17.6. The van der Waals surface area contributed by atoms with E-state index in [0.29, 0.717) is 15.2 Å². The summed E-state index contributed by atoms with van der Waals surface area (Å²) >= 11 is 2.65. The standard InChI is InChI=1S/C15H26N4O2S2/c1-7-11(6)13(21)16-14-17-18-15(23-14)22-8-12(20)19(9(2)3)10(4)5/h9-11H,7-8H2,1-6H3,(H,16,17,21)/t11-/m1/s1. The average Bonchev–Trinajstić information content (AvgIpc) is 2.90. The monoisotopic (exact) mass is 358 g/mol. The van der Waals surface area contributed by atoms with E-state index in [4.69, 9.17) is 0 Å². The molecule has 1 aromatic rings. The predicted octanol–water partition coefficient (Wildman–Crippen LogP) is 3.26. The fraction of sp³-hybridized carbons (Fsp3) is 0.733. The van der Waals surface area contributed by atoms with Gasteiger partial charge in [0.1, 0.15) is 0 Å². The molecule has 0 aliphatic rings. The summed E-state index contributed by atoms with van der Waals surface area (Å²) in [5.74, 6) is 0.300. The lowest BCUT2D eigenvalue weighted by atomic mass is 10.1. The summed E-state index contributed by atoms with van der Waals surface area (Å²) in [6, 6.07) is 0.339. The maximum absolute atomic E-state index is 12.3. The minimum atomic E-state index is -0.0536. The topological polar surface area (TPSA) is 75.2 Å². The lowest BCUT2D eigenvalue weighted by Gasteiger charge is -2.30. The molecule has 0 unspecified atom stereocenters. The molecule has 1 aromatic heterocycles. The Morgan fingerprint density at radius 2 is 1.78 bits per heavy atom. The Bertz CT molecular complexity index is 523. The lowest BCUT2D eigenvalue weighted by Crippen LogP contribution is -2.43. The number of aromatic nitrogens is 2. The zero-order valence-corrected chi connectivity index (χ0v) is 16.3. The van der Waals surface area contributed by atoms with E-state index in [1.54, 1.807) is 0 Å². The molecule has 1 atom stereocenters. The third kappa shape index (κ3) is 6.10. The van der Waals surface area contributed by atoms with Gasteiger partial charge in [0.2, 0.25) is 16.9 Å². The molecule has 23 heavy (non-hydrogen) atoms. The van der Waals surface area contributed by atoms with Crippen molar-refractivity contribution in [3.8, 4) is 0 Å². The van der Waals surface area contributed by atoms with Crippen LogP contribution in [0.5, 0.6) is 0 Å². The van der Waals surface area contributed by atoms with Crippen LogP contribution in [0.2, 0.25) is 0 Å². The van der Waals surface area contributed by atoms with E-state index < -0.39 is 0 Å².